The molecule has 0 saturated heterocycles. The zero-order chi connectivity index (χ0) is 14.7. The molecular weight excluding hydrogens is 298 g/mol. The van der Waals surface area contributed by atoms with E-state index in [4.69, 9.17) is 16.7 Å². The van der Waals surface area contributed by atoms with Gasteiger partial charge in [0, 0.05) is 17.3 Å². The molecule has 0 aromatic carbocycles. The van der Waals surface area contributed by atoms with Gasteiger partial charge in [-0.2, -0.15) is 0 Å². The van der Waals surface area contributed by atoms with Crippen molar-refractivity contribution in [2.24, 2.45) is 0 Å². The Bertz CT molecular complexity index is 630. The highest BCUT2D eigenvalue weighted by atomic mass is 35.5. The molecule has 7 heteroatoms. The molecule has 20 heavy (non-hydrogen) atoms. The molecular formula is C13H14ClN3O2S. The van der Waals surface area contributed by atoms with Gasteiger partial charge in [-0.05, 0) is 19.4 Å². The molecule has 1 unspecified atom stereocenters. The van der Waals surface area contributed by atoms with E-state index < -0.39 is 5.97 Å². The van der Waals surface area contributed by atoms with Crippen LogP contribution in [-0.4, -0.2) is 21.0 Å². The lowest BCUT2D eigenvalue weighted by molar-refractivity contribution is 0.0696. The predicted octanol–water partition coefficient (Wildman–Crippen LogP) is 3.63. The zero-order valence-electron chi connectivity index (χ0n) is 11.1. The van der Waals surface area contributed by atoms with Crippen LogP contribution >= 0.6 is 22.9 Å². The summed E-state index contributed by atoms with van der Waals surface area (Å²) in [6, 6.07) is 1.34. The van der Waals surface area contributed by atoms with Crippen LogP contribution in [0.25, 0.3) is 0 Å². The van der Waals surface area contributed by atoms with Crippen molar-refractivity contribution in [3.8, 4) is 0 Å². The van der Waals surface area contributed by atoms with Crippen LogP contribution in [0.5, 0.6) is 0 Å². The summed E-state index contributed by atoms with van der Waals surface area (Å²) in [6.07, 6.45) is 4.10. The zero-order valence-corrected chi connectivity index (χ0v) is 12.6. The van der Waals surface area contributed by atoms with Crippen LogP contribution in [0.3, 0.4) is 0 Å². The Morgan fingerprint density at radius 1 is 1.50 bits per heavy atom. The fourth-order valence-corrected chi connectivity index (χ4v) is 2.69. The number of aromatic nitrogens is 2. The highest BCUT2D eigenvalue weighted by Crippen LogP contribution is 2.27. The van der Waals surface area contributed by atoms with Gasteiger partial charge in [0.05, 0.1) is 16.6 Å². The summed E-state index contributed by atoms with van der Waals surface area (Å²) in [5, 5.41) is 13.2. The van der Waals surface area contributed by atoms with Crippen molar-refractivity contribution in [1.82, 2.24) is 9.97 Å². The van der Waals surface area contributed by atoms with E-state index in [2.05, 4.69) is 22.2 Å². The molecule has 0 radical (unpaired) electrons. The fourth-order valence-electron chi connectivity index (χ4n) is 1.61. The van der Waals surface area contributed by atoms with Gasteiger partial charge >= 0.3 is 5.97 Å². The number of aryl methyl sites for hydroxylation is 1. The maximum Gasteiger partial charge on any atom is 0.337 e. The summed E-state index contributed by atoms with van der Waals surface area (Å²) in [5.74, 6) is -0.594. The second-order valence-corrected chi connectivity index (χ2v) is 5.80. The molecule has 2 heterocycles. The van der Waals surface area contributed by atoms with E-state index in [1.165, 1.54) is 17.1 Å². The summed E-state index contributed by atoms with van der Waals surface area (Å²) in [5.41, 5.74) is 0.0655. The van der Waals surface area contributed by atoms with Gasteiger partial charge in [-0.15, -0.1) is 11.3 Å². The monoisotopic (exact) mass is 311 g/mol. The number of rotatable bonds is 5. The van der Waals surface area contributed by atoms with E-state index in [-0.39, 0.29) is 16.6 Å². The normalized spacial score (nSPS) is 12.2. The highest BCUT2D eigenvalue weighted by Gasteiger charge is 2.14. The van der Waals surface area contributed by atoms with E-state index in [9.17, 15) is 4.79 Å². The van der Waals surface area contributed by atoms with Crippen LogP contribution in [0.2, 0.25) is 5.02 Å². The maximum atomic E-state index is 10.8. The Labute approximate surface area is 125 Å². The van der Waals surface area contributed by atoms with Crippen LogP contribution in [0, 0.1) is 0 Å². The summed E-state index contributed by atoms with van der Waals surface area (Å²) < 4.78 is 0. The average molecular weight is 312 g/mol. The third-order valence-corrected chi connectivity index (χ3v) is 4.34. The first-order chi connectivity index (χ1) is 9.51. The average Bonchev–Trinajstić information content (AvgIpc) is 2.89. The van der Waals surface area contributed by atoms with E-state index in [0.717, 1.165) is 11.4 Å². The van der Waals surface area contributed by atoms with Crippen molar-refractivity contribution in [2.45, 2.75) is 26.3 Å². The molecule has 5 nitrogen and oxygen atoms in total. The molecule has 2 N–H and O–H groups in total. The number of carbonyl (C=O) groups is 1. The van der Waals surface area contributed by atoms with Gasteiger partial charge in [0.25, 0.3) is 0 Å². The smallest absolute Gasteiger partial charge is 0.337 e. The standard InChI is InChI=1S/C13H14ClN3O2S/c1-3-9-6-16-12(20-9)7(2)17-11-10(14)4-8(5-15-11)13(18)19/h4-7H,3H2,1-2H3,(H,15,17)(H,18,19). The number of thiazole rings is 1. The fraction of sp³-hybridized carbons (Fsp3) is 0.308. The van der Waals surface area contributed by atoms with Crippen molar-refractivity contribution in [3.63, 3.8) is 0 Å². The maximum absolute atomic E-state index is 10.8. The van der Waals surface area contributed by atoms with Gasteiger partial charge in [0.2, 0.25) is 0 Å². The number of carboxylic acids is 1. The molecule has 0 spiro atoms. The molecule has 1 atom stereocenters. The lowest BCUT2D eigenvalue weighted by Crippen LogP contribution is -2.09. The number of hydrogen-bond acceptors (Lipinski definition) is 5. The molecule has 2 aromatic heterocycles. The van der Waals surface area contributed by atoms with Crippen molar-refractivity contribution in [2.75, 3.05) is 5.32 Å². The van der Waals surface area contributed by atoms with Gasteiger partial charge in [-0.25, -0.2) is 14.8 Å². The minimum atomic E-state index is -1.05. The lowest BCUT2D eigenvalue weighted by atomic mass is 10.3. The van der Waals surface area contributed by atoms with Crippen LogP contribution in [-0.2, 0) is 6.42 Å². The van der Waals surface area contributed by atoms with Gasteiger partial charge in [-0.1, -0.05) is 18.5 Å². The first-order valence-electron chi connectivity index (χ1n) is 6.11. The third-order valence-electron chi connectivity index (χ3n) is 2.73. The Morgan fingerprint density at radius 3 is 2.80 bits per heavy atom. The van der Waals surface area contributed by atoms with Gasteiger partial charge < -0.3 is 10.4 Å². The van der Waals surface area contributed by atoms with E-state index in [0.29, 0.717) is 5.82 Å². The van der Waals surface area contributed by atoms with Crippen LogP contribution in [0.4, 0.5) is 5.82 Å². The summed E-state index contributed by atoms with van der Waals surface area (Å²) >= 11 is 7.67. The number of aromatic carboxylic acids is 1. The highest BCUT2D eigenvalue weighted by molar-refractivity contribution is 7.11. The van der Waals surface area contributed by atoms with Gasteiger partial charge in [-0.3, -0.25) is 0 Å². The number of nitrogens with one attached hydrogen (secondary N) is 1. The number of nitrogens with zero attached hydrogens (tertiary/aromatic N) is 2. The molecule has 0 amide bonds. The molecule has 0 bridgehead atoms. The van der Waals surface area contributed by atoms with E-state index in [1.807, 2.05) is 13.1 Å². The Morgan fingerprint density at radius 2 is 2.25 bits per heavy atom. The van der Waals surface area contributed by atoms with Gasteiger partial charge in [0.1, 0.15) is 10.8 Å². The van der Waals surface area contributed by atoms with Gasteiger partial charge in [0.15, 0.2) is 0 Å². The van der Waals surface area contributed by atoms with E-state index >= 15 is 0 Å². The first-order valence-corrected chi connectivity index (χ1v) is 7.30. The van der Waals surface area contributed by atoms with Crippen LogP contribution < -0.4 is 5.32 Å². The number of carboxylic acid groups (broad SMARTS) is 1. The molecule has 2 rings (SSSR count). The van der Waals surface area contributed by atoms with Crippen molar-refractivity contribution < 1.29 is 9.90 Å². The second-order valence-electron chi connectivity index (χ2n) is 4.24. The van der Waals surface area contributed by atoms with Crippen molar-refractivity contribution in [1.29, 1.82) is 0 Å². The third kappa shape index (κ3) is 3.26. The number of anilines is 1. The Balaban J connectivity index is 2.15. The summed E-state index contributed by atoms with van der Waals surface area (Å²) in [6.45, 7) is 4.04. The first kappa shape index (κ1) is 14.7. The summed E-state index contributed by atoms with van der Waals surface area (Å²) in [4.78, 5) is 20.4. The number of halogens is 1. The molecule has 0 saturated carbocycles. The topological polar surface area (TPSA) is 75.1 Å². The van der Waals surface area contributed by atoms with Crippen molar-refractivity contribution in [3.05, 3.63) is 38.9 Å². The molecule has 0 aliphatic heterocycles. The minimum absolute atomic E-state index is 0.0408. The molecule has 2 aromatic rings. The molecule has 0 aliphatic rings. The molecule has 0 aliphatic carbocycles. The summed E-state index contributed by atoms with van der Waals surface area (Å²) in [7, 11) is 0. The second kappa shape index (κ2) is 6.19. The van der Waals surface area contributed by atoms with E-state index in [1.54, 1.807) is 11.3 Å². The quantitative estimate of drug-likeness (QED) is 0.882. The number of hydrogen-bond donors (Lipinski definition) is 2. The van der Waals surface area contributed by atoms with Crippen LogP contribution in [0.15, 0.2) is 18.5 Å². The molecule has 106 valence electrons. The Kier molecular flexibility index (Phi) is 4.57. The van der Waals surface area contributed by atoms with Crippen molar-refractivity contribution >= 4 is 34.7 Å². The SMILES string of the molecule is CCc1cnc(C(C)Nc2ncc(C(=O)O)cc2Cl)s1. The molecule has 0 fully saturated rings. The van der Waals surface area contributed by atoms with Crippen LogP contribution in [0.1, 0.15) is 40.1 Å². The Hall–Kier alpha value is -1.66. The largest absolute Gasteiger partial charge is 0.478 e. The predicted molar refractivity (Wildman–Crippen MR) is 79.7 cm³/mol. The number of pyridine rings is 1. The lowest BCUT2D eigenvalue weighted by Gasteiger charge is -2.13. The minimum Gasteiger partial charge on any atom is -0.478 e.